The standard InChI is InChI=1S/C20H21N3O2S/c1-4-10-22-19(25)16(18(24)21-20(22)26)11-14-12-23(13(3)5-2)17-9-7-6-8-15(14)17/h4,6-9,11-13H,1,5,10H2,2-3H3,(H,21,24,26). The summed E-state index contributed by atoms with van der Waals surface area (Å²) < 4.78 is 2.18. The Kier molecular flexibility index (Phi) is 5.04. The fourth-order valence-corrected chi connectivity index (χ4v) is 3.30. The first-order valence-electron chi connectivity index (χ1n) is 8.57. The van der Waals surface area contributed by atoms with Gasteiger partial charge in [0.1, 0.15) is 5.57 Å². The molecule has 3 rings (SSSR count). The number of nitrogens with one attached hydrogen (secondary N) is 1. The molecular formula is C20H21N3O2S. The average molecular weight is 367 g/mol. The first-order valence-corrected chi connectivity index (χ1v) is 8.98. The van der Waals surface area contributed by atoms with Gasteiger partial charge in [0.25, 0.3) is 11.8 Å². The molecule has 6 heteroatoms. The van der Waals surface area contributed by atoms with Crippen LogP contribution >= 0.6 is 12.2 Å². The van der Waals surface area contributed by atoms with Crippen LogP contribution in [0.1, 0.15) is 31.9 Å². The van der Waals surface area contributed by atoms with Crippen molar-refractivity contribution < 1.29 is 9.59 Å². The van der Waals surface area contributed by atoms with Crippen LogP contribution in [0.2, 0.25) is 0 Å². The molecule has 1 aliphatic rings. The second-order valence-corrected chi connectivity index (χ2v) is 6.67. The summed E-state index contributed by atoms with van der Waals surface area (Å²) in [4.78, 5) is 26.4. The summed E-state index contributed by atoms with van der Waals surface area (Å²) in [7, 11) is 0. The van der Waals surface area contributed by atoms with Gasteiger partial charge in [-0.2, -0.15) is 0 Å². The number of thiocarbonyl (C=S) groups is 1. The SMILES string of the molecule is C=CCN1C(=O)C(=Cc2cn(C(C)CC)c3ccccc23)C(=O)NC1=S. The van der Waals surface area contributed by atoms with Crippen molar-refractivity contribution in [2.24, 2.45) is 0 Å². The van der Waals surface area contributed by atoms with Crippen LogP contribution in [0.4, 0.5) is 0 Å². The molecule has 1 aliphatic heterocycles. The summed E-state index contributed by atoms with van der Waals surface area (Å²) in [6.07, 6.45) is 6.21. The number of rotatable bonds is 5. The molecule has 1 N–H and O–H groups in total. The lowest BCUT2D eigenvalue weighted by Gasteiger charge is -2.27. The third-order valence-electron chi connectivity index (χ3n) is 4.63. The van der Waals surface area contributed by atoms with Crippen LogP contribution in [0, 0.1) is 0 Å². The highest BCUT2D eigenvalue weighted by Gasteiger charge is 2.32. The minimum atomic E-state index is -0.472. The first-order chi connectivity index (χ1) is 12.5. The minimum absolute atomic E-state index is 0.0764. The van der Waals surface area contributed by atoms with Gasteiger partial charge in [0.15, 0.2) is 5.11 Å². The third-order valence-corrected chi connectivity index (χ3v) is 4.96. The zero-order valence-electron chi connectivity index (χ0n) is 14.9. The largest absolute Gasteiger partial charge is 0.344 e. The number of aromatic nitrogens is 1. The number of para-hydroxylation sites is 1. The summed E-state index contributed by atoms with van der Waals surface area (Å²) in [5.41, 5.74) is 1.99. The lowest BCUT2D eigenvalue weighted by Crippen LogP contribution is -2.53. The maximum absolute atomic E-state index is 12.7. The predicted molar refractivity (Wildman–Crippen MR) is 108 cm³/mol. The van der Waals surface area contributed by atoms with Crippen molar-refractivity contribution in [3.8, 4) is 0 Å². The number of nitrogens with zero attached hydrogens (tertiary/aromatic N) is 2. The van der Waals surface area contributed by atoms with E-state index in [1.54, 1.807) is 12.2 Å². The zero-order valence-corrected chi connectivity index (χ0v) is 15.7. The van der Waals surface area contributed by atoms with E-state index < -0.39 is 11.8 Å². The smallest absolute Gasteiger partial charge is 0.265 e. The molecule has 134 valence electrons. The van der Waals surface area contributed by atoms with Gasteiger partial charge in [-0.15, -0.1) is 6.58 Å². The minimum Gasteiger partial charge on any atom is -0.344 e. The Labute approximate surface area is 158 Å². The molecule has 2 heterocycles. The molecule has 2 amide bonds. The van der Waals surface area contributed by atoms with Gasteiger partial charge in [0, 0.05) is 35.2 Å². The molecule has 0 saturated carbocycles. The first kappa shape index (κ1) is 18.1. The highest BCUT2D eigenvalue weighted by Crippen LogP contribution is 2.28. The molecule has 0 spiro atoms. The van der Waals surface area contributed by atoms with Gasteiger partial charge in [-0.05, 0) is 37.7 Å². The van der Waals surface area contributed by atoms with Crippen molar-refractivity contribution in [3.63, 3.8) is 0 Å². The van der Waals surface area contributed by atoms with Crippen molar-refractivity contribution in [1.82, 2.24) is 14.8 Å². The molecule has 0 aliphatic carbocycles. The maximum Gasteiger partial charge on any atom is 0.265 e. The molecule has 1 fully saturated rings. The van der Waals surface area contributed by atoms with Crippen molar-refractivity contribution >= 4 is 46.1 Å². The Morgan fingerprint density at radius 1 is 1.31 bits per heavy atom. The molecule has 0 bridgehead atoms. The number of carbonyl (C=O) groups excluding carboxylic acids is 2. The topological polar surface area (TPSA) is 54.3 Å². The van der Waals surface area contributed by atoms with Gasteiger partial charge in [-0.3, -0.25) is 19.8 Å². The van der Waals surface area contributed by atoms with E-state index in [2.05, 4.69) is 30.3 Å². The normalized spacial score (nSPS) is 17.7. The summed E-state index contributed by atoms with van der Waals surface area (Å²) in [5, 5.41) is 3.69. The molecule has 1 atom stereocenters. The van der Waals surface area contributed by atoms with Crippen molar-refractivity contribution in [2.75, 3.05) is 6.54 Å². The maximum atomic E-state index is 12.7. The Bertz CT molecular complexity index is 942. The Hall–Kier alpha value is -2.73. The molecule has 5 nitrogen and oxygen atoms in total. The number of hydrogen-bond donors (Lipinski definition) is 1. The molecule has 1 unspecified atom stereocenters. The van der Waals surface area contributed by atoms with Crippen LogP contribution < -0.4 is 5.32 Å². The summed E-state index contributed by atoms with van der Waals surface area (Å²) >= 11 is 5.09. The van der Waals surface area contributed by atoms with E-state index in [4.69, 9.17) is 12.2 Å². The predicted octanol–water partition coefficient (Wildman–Crippen LogP) is 3.43. The Balaban J connectivity index is 2.11. The highest BCUT2D eigenvalue weighted by molar-refractivity contribution is 7.80. The van der Waals surface area contributed by atoms with Crippen LogP contribution in [0.5, 0.6) is 0 Å². The van der Waals surface area contributed by atoms with Gasteiger partial charge in [0.05, 0.1) is 0 Å². The average Bonchev–Trinajstić information content (AvgIpc) is 3.00. The number of fused-ring (bicyclic) bond motifs is 1. The molecule has 2 aromatic rings. The van der Waals surface area contributed by atoms with Gasteiger partial charge in [0.2, 0.25) is 0 Å². The van der Waals surface area contributed by atoms with Gasteiger partial charge in [-0.25, -0.2) is 0 Å². The molecular weight excluding hydrogens is 346 g/mol. The van der Waals surface area contributed by atoms with Crippen LogP contribution in [-0.4, -0.2) is 32.9 Å². The third kappa shape index (κ3) is 3.08. The van der Waals surface area contributed by atoms with Crippen molar-refractivity contribution in [1.29, 1.82) is 0 Å². The van der Waals surface area contributed by atoms with Crippen LogP contribution in [0.15, 0.2) is 48.7 Å². The summed E-state index contributed by atoms with van der Waals surface area (Å²) in [6, 6.07) is 8.30. The molecule has 0 radical (unpaired) electrons. The highest BCUT2D eigenvalue weighted by atomic mass is 32.1. The monoisotopic (exact) mass is 367 g/mol. The van der Waals surface area contributed by atoms with Crippen molar-refractivity contribution in [3.05, 3.63) is 54.3 Å². The second-order valence-electron chi connectivity index (χ2n) is 6.29. The molecule has 1 aromatic heterocycles. The summed E-state index contributed by atoms with van der Waals surface area (Å²) in [6.45, 7) is 8.16. The number of carbonyl (C=O) groups is 2. The van der Waals surface area contributed by atoms with E-state index in [1.165, 1.54) is 4.90 Å². The van der Waals surface area contributed by atoms with Gasteiger partial charge in [-0.1, -0.05) is 31.2 Å². The van der Waals surface area contributed by atoms with Gasteiger partial charge < -0.3 is 4.57 Å². The second kappa shape index (κ2) is 7.25. The van der Waals surface area contributed by atoms with Gasteiger partial charge >= 0.3 is 0 Å². The van der Waals surface area contributed by atoms with Crippen LogP contribution in [-0.2, 0) is 9.59 Å². The zero-order chi connectivity index (χ0) is 18.8. The molecule has 1 aromatic carbocycles. The van der Waals surface area contributed by atoms with E-state index in [9.17, 15) is 9.59 Å². The number of benzene rings is 1. The number of hydrogen-bond acceptors (Lipinski definition) is 3. The lowest BCUT2D eigenvalue weighted by atomic mass is 10.1. The Morgan fingerprint density at radius 3 is 2.73 bits per heavy atom. The fourth-order valence-electron chi connectivity index (χ4n) is 3.05. The summed E-state index contributed by atoms with van der Waals surface area (Å²) in [5.74, 6) is -0.875. The quantitative estimate of drug-likeness (QED) is 0.381. The Morgan fingerprint density at radius 2 is 2.04 bits per heavy atom. The fraction of sp³-hybridized carbons (Fsp3) is 0.250. The van der Waals surface area contributed by atoms with E-state index in [0.717, 1.165) is 22.9 Å². The van der Waals surface area contributed by atoms with E-state index in [-0.39, 0.29) is 17.2 Å². The van der Waals surface area contributed by atoms with Crippen LogP contribution in [0.25, 0.3) is 17.0 Å². The van der Waals surface area contributed by atoms with Crippen molar-refractivity contribution in [2.45, 2.75) is 26.3 Å². The molecule has 1 saturated heterocycles. The van der Waals surface area contributed by atoms with Crippen LogP contribution in [0.3, 0.4) is 0 Å². The van der Waals surface area contributed by atoms with E-state index in [1.807, 2.05) is 30.5 Å². The lowest BCUT2D eigenvalue weighted by molar-refractivity contribution is -0.128. The number of amides is 2. The molecule has 26 heavy (non-hydrogen) atoms. The van der Waals surface area contributed by atoms with E-state index >= 15 is 0 Å². The van der Waals surface area contributed by atoms with E-state index in [0.29, 0.717) is 6.04 Å².